The quantitative estimate of drug-likeness (QED) is 0.447. The average molecular weight is 150 g/mol. The third kappa shape index (κ3) is 10.2. The zero-order chi connectivity index (χ0) is 4.24. The first kappa shape index (κ1) is 17.3. The molecule has 0 nitrogen and oxygen atoms in total. The molecule has 0 aliphatic rings. The van der Waals surface area contributed by atoms with E-state index in [1.54, 1.807) is 0 Å². The van der Waals surface area contributed by atoms with E-state index in [4.69, 9.17) is 0 Å². The van der Waals surface area contributed by atoms with Crippen LogP contribution in [0.1, 0.15) is 0 Å². The molecule has 36 valence electrons. The first-order valence-electron chi connectivity index (χ1n) is 2.00. The van der Waals surface area contributed by atoms with Gasteiger partial charge in [-0.05, 0) is 0 Å². The summed E-state index contributed by atoms with van der Waals surface area (Å²) in [4.78, 5) is 0. The Hall–Kier alpha value is 2.22. The summed E-state index contributed by atoms with van der Waals surface area (Å²) in [6.07, 6.45) is 0. The van der Waals surface area contributed by atoms with Crippen molar-refractivity contribution in [3.05, 3.63) is 36.4 Å². The second-order valence-electron chi connectivity index (χ2n) is 1.15. The molecule has 0 saturated heterocycles. The summed E-state index contributed by atoms with van der Waals surface area (Å²) >= 11 is 0. The topological polar surface area (TPSA) is 0 Å². The van der Waals surface area contributed by atoms with Crippen molar-refractivity contribution < 1.29 is 0 Å². The molecule has 0 unspecified atom stereocenters. The molecule has 0 radical (unpaired) electrons. The van der Waals surface area contributed by atoms with Crippen LogP contribution >= 0.6 is 0 Å². The van der Waals surface area contributed by atoms with Crippen molar-refractivity contribution in [3.63, 3.8) is 0 Å². The molecule has 1 rings (SSSR count). The van der Waals surface area contributed by atoms with Crippen LogP contribution in [0.5, 0.6) is 0 Å². The Morgan fingerprint density at radius 1 is 0.333 bits per heavy atom. The van der Waals surface area contributed by atoms with Crippen molar-refractivity contribution in [2.45, 2.75) is 0 Å². The predicted molar refractivity (Wildman–Crippen MR) is 47.9 cm³/mol. The second-order valence-corrected chi connectivity index (χ2v) is 1.15. The monoisotopic (exact) mass is 150 g/mol. The van der Waals surface area contributed by atoms with Gasteiger partial charge in [0.25, 0.3) is 0 Å². The molecular formula is C6H9Na3. The molecule has 0 aliphatic heterocycles. The van der Waals surface area contributed by atoms with Crippen LogP contribution in [0.15, 0.2) is 36.4 Å². The summed E-state index contributed by atoms with van der Waals surface area (Å²) in [6, 6.07) is 12.0. The van der Waals surface area contributed by atoms with Crippen LogP contribution < -0.4 is 0 Å². The molecule has 0 amide bonds. The maximum Gasteiger partial charge on any atom is -0.0623 e. The molecule has 0 aliphatic carbocycles. The molecule has 0 fully saturated rings. The van der Waals surface area contributed by atoms with E-state index in [9.17, 15) is 0 Å². The fourth-order valence-electron chi connectivity index (χ4n) is 0.385. The van der Waals surface area contributed by atoms with E-state index in [0.29, 0.717) is 0 Å². The number of rotatable bonds is 0. The minimum Gasteiger partial charge on any atom is -0.0623 e. The third-order valence-corrected chi connectivity index (χ3v) is 0.667. The van der Waals surface area contributed by atoms with E-state index >= 15 is 0 Å². The molecule has 0 saturated carbocycles. The fraction of sp³-hybridized carbons (Fsp3) is 0. The zero-order valence-corrected chi connectivity index (χ0v) is 3.46. The van der Waals surface area contributed by atoms with Crippen molar-refractivity contribution in [1.82, 2.24) is 0 Å². The van der Waals surface area contributed by atoms with Gasteiger partial charge in [-0.1, -0.05) is 36.4 Å². The van der Waals surface area contributed by atoms with Gasteiger partial charge in [0.2, 0.25) is 0 Å². The van der Waals surface area contributed by atoms with Crippen LogP contribution in [0, 0.1) is 0 Å². The SMILES string of the molecule is [NaH].[NaH].[NaH].c1ccccc1. The third-order valence-electron chi connectivity index (χ3n) is 0.667. The molecule has 0 aromatic heterocycles. The normalized spacial score (nSPS) is 5.33. The summed E-state index contributed by atoms with van der Waals surface area (Å²) in [5.41, 5.74) is 0. The Morgan fingerprint density at radius 3 is 0.556 bits per heavy atom. The maximum absolute atomic E-state index is 2.00. The molecule has 3 heteroatoms. The van der Waals surface area contributed by atoms with Crippen molar-refractivity contribution in [3.8, 4) is 0 Å². The zero-order valence-electron chi connectivity index (χ0n) is 3.46. The van der Waals surface area contributed by atoms with E-state index in [1.807, 2.05) is 36.4 Å². The summed E-state index contributed by atoms with van der Waals surface area (Å²) in [5, 5.41) is 0. The standard InChI is InChI=1S/C6H6.3Na.3H/c1-2-4-6-5-3-1;;;;;;/h1-6H;;;;;;. The van der Waals surface area contributed by atoms with E-state index in [0.717, 1.165) is 0 Å². The number of hydrogen-bond acceptors (Lipinski definition) is 0. The Bertz CT molecular complexity index is 80.2. The van der Waals surface area contributed by atoms with Crippen LogP contribution in [-0.2, 0) is 0 Å². The second kappa shape index (κ2) is 12.9. The van der Waals surface area contributed by atoms with Crippen molar-refractivity contribution in [2.75, 3.05) is 0 Å². The average Bonchev–Trinajstić information content (AvgIpc) is 1.72. The Kier molecular flexibility index (Phi) is 24.8. The molecule has 1 aromatic carbocycles. The molecule has 0 N–H and O–H groups in total. The van der Waals surface area contributed by atoms with Crippen LogP contribution in [0.25, 0.3) is 0 Å². The number of hydrogen-bond donors (Lipinski definition) is 0. The van der Waals surface area contributed by atoms with Crippen molar-refractivity contribution in [2.24, 2.45) is 0 Å². The van der Waals surface area contributed by atoms with Gasteiger partial charge in [-0.25, -0.2) is 0 Å². The molecule has 1 aromatic rings. The summed E-state index contributed by atoms with van der Waals surface area (Å²) in [6.45, 7) is 0. The summed E-state index contributed by atoms with van der Waals surface area (Å²) in [5.74, 6) is 0. The van der Waals surface area contributed by atoms with E-state index < -0.39 is 0 Å². The van der Waals surface area contributed by atoms with Gasteiger partial charge < -0.3 is 0 Å². The van der Waals surface area contributed by atoms with Crippen molar-refractivity contribution >= 4 is 88.7 Å². The smallest absolute Gasteiger partial charge is 0.0623 e. The van der Waals surface area contributed by atoms with Gasteiger partial charge in [-0.3, -0.25) is 0 Å². The van der Waals surface area contributed by atoms with Crippen molar-refractivity contribution in [1.29, 1.82) is 0 Å². The summed E-state index contributed by atoms with van der Waals surface area (Å²) < 4.78 is 0. The largest absolute Gasteiger partial charge is 0.0623 e. The van der Waals surface area contributed by atoms with Gasteiger partial charge in [0.1, 0.15) is 0 Å². The first-order chi connectivity index (χ1) is 3.00. The van der Waals surface area contributed by atoms with E-state index in [-0.39, 0.29) is 88.7 Å². The fourth-order valence-corrected chi connectivity index (χ4v) is 0.385. The van der Waals surface area contributed by atoms with Gasteiger partial charge in [0.15, 0.2) is 0 Å². The van der Waals surface area contributed by atoms with Gasteiger partial charge >= 0.3 is 88.7 Å². The molecule has 9 heavy (non-hydrogen) atoms. The van der Waals surface area contributed by atoms with Crippen LogP contribution in [0.2, 0.25) is 0 Å². The summed E-state index contributed by atoms with van der Waals surface area (Å²) in [7, 11) is 0. The molecule has 0 heterocycles. The van der Waals surface area contributed by atoms with E-state index in [1.165, 1.54) is 0 Å². The number of benzene rings is 1. The first-order valence-corrected chi connectivity index (χ1v) is 2.00. The maximum atomic E-state index is 2.00. The van der Waals surface area contributed by atoms with E-state index in [2.05, 4.69) is 0 Å². The van der Waals surface area contributed by atoms with Crippen LogP contribution in [0.3, 0.4) is 0 Å². The van der Waals surface area contributed by atoms with Gasteiger partial charge in [0.05, 0.1) is 0 Å². The molecule has 0 atom stereocenters. The minimum atomic E-state index is 0. The Labute approximate surface area is 123 Å². The van der Waals surface area contributed by atoms with Gasteiger partial charge in [-0.15, -0.1) is 0 Å². The molecule has 0 bridgehead atoms. The van der Waals surface area contributed by atoms with Gasteiger partial charge in [0, 0.05) is 0 Å². The Balaban J connectivity index is -0.000000120. The van der Waals surface area contributed by atoms with Crippen LogP contribution in [0.4, 0.5) is 0 Å². The van der Waals surface area contributed by atoms with Crippen LogP contribution in [-0.4, -0.2) is 88.7 Å². The Morgan fingerprint density at radius 2 is 0.444 bits per heavy atom. The molecular weight excluding hydrogens is 141 g/mol. The molecule has 0 spiro atoms. The van der Waals surface area contributed by atoms with Gasteiger partial charge in [-0.2, -0.15) is 0 Å². The minimum absolute atomic E-state index is 0. The predicted octanol–water partition coefficient (Wildman–Crippen LogP) is -0.259.